The molecule has 0 radical (unpaired) electrons. The Morgan fingerprint density at radius 1 is 1.30 bits per heavy atom. The fraction of sp³-hybridized carbons (Fsp3) is 0.529. The molecule has 0 aliphatic carbocycles. The van der Waals surface area contributed by atoms with E-state index in [1.807, 2.05) is 13.0 Å². The molecule has 0 unspecified atom stereocenters. The second kappa shape index (κ2) is 7.35. The van der Waals surface area contributed by atoms with Gasteiger partial charge in [-0.1, -0.05) is 6.92 Å². The van der Waals surface area contributed by atoms with Gasteiger partial charge in [0.05, 0.1) is 20.1 Å². The average Bonchev–Trinajstić information content (AvgIpc) is 2.95. The second-order valence-electron chi connectivity index (χ2n) is 5.70. The van der Waals surface area contributed by atoms with Crippen LogP contribution in [0.25, 0.3) is 0 Å². The number of nitrogens with zero attached hydrogens (tertiary/aromatic N) is 2. The number of anilines is 1. The molecule has 0 spiro atoms. The lowest BCUT2D eigenvalue weighted by Gasteiger charge is -2.21. The smallest absolute Gasteiger partial charge is 0.227 e. The Kier molecular flexibility index (Phi) is 5.47. The van der Waals surface area contributed by atoms with Crippen molar-refractivity contribution in [3.05, 3.63) is 18.2 Å². The van der Waals surface area contributed by atoms with Crippen LogP contribution in [0.15, 0.2) is 18.2 Å². The van der Waals surface area contributed by atoms with Crippen molar-refractivity contribution in [2.75, 3.05) is 39.3 Å². The quantitative estimate of drug-likeness (QED) is 0.803. The molecular weight excluding hydrogens is 296 g/mol. The van der Waals surface area contributed by atoms with Crippen LogP contribution < -0.4 is 14.4 Å². The lowest BCUT2D eigenvalue weighted by atomic mass is 10.1. The Labute approximate surface area is 137 Å². The zero-order chi connectivity index (χ0) is 17.0. The molecule has 0 N–H and O–H groups in total. The first kappa shape index (κ1) is 17.1. The SMILES string of the molecule is CCCN(C)C(=O)[C@@H]1CC(=O)N(c2ccc(OC)c(OC)c2)C1. The summed E-state index contributed by atoms with van der Waals surface area (Å²) in [4.78, 5) is 28.0. The van der Waals surface area contributed by atoms with Gasteiger partial charge in [0.2, 0.25) is 11.8 Å². The van der Waals surface area contributed by atoms with E-state index in [1.54, 1.807) is 43.2 Å². The monoisotopic (exact) mass is 320 g/mol. The molecule has 0 saturated carbocycles. The maximum atomic E-state index is 12.4. The largest absolute Gasteiger partial charge is 0.493 e. The summed E-state index contributed by atoms with van der Waals surface area (Å²) in [6, 6.07) is 5.33. The molecule has 1 fully saturated rings. The summed E-state index contributed by atoms with van der Waals surface area (Å²) in [7, 11) is 4.91. The Bertz CT molecular complexity index is 588. The topological polar surface area (TPSA) is 59.1 Å². The molecule has 1 aromatic carbocycles. The van der Waals surface area contributed by atoms with Crippen LogP contribution in [0.4, 0.5) is 5.69 Å². The zero-order valence-corrected chi connectivity index (χ0v) is 14.2. The highest BCUT2D eigenvalue weighted by Crippen LogP contribution is 2.34. The highest BCUT2D eigenvalue weighted by atomic mass is 16.5. The molecule has 1 atom stereocenters. The molecular formula is C17H24N2O4. The highest BCUT2D eigenvalue weighted by molar-refractivity contribution is 6.00. The first-order valence-corrected chi connectivity index (χ1v) is 7.79. The first-order valence-electron chi connectivity index (χ1n) is 7.79. The van der Waals surface area contributed by atoms with Gasteiger partial charge in [-0.05, 0) is 18.6 Å². The molecule has 126 valence electrons. The predicted molar refractivity (Wildman–Crippen MR) is 87.9 cm³/mol. The molecule has 1 aliphatic rings. The van der Waals surface area contributed by atoms with Crippen LogP contribution in [0.3, 0.4) is 0 Å². The third kappa shape index (κ3) is 3.57. The van der Waals surface area contributed by atoms with E-state index in [4.69, 9.17) is 9.47 Å². The maximum Gasteiger partial charge on any atom is 0.227 e. The molecule has 0 bridgehead atoms. The van der Waals surface area contributed by atoms with Gasteiger partial charge in [0.15, 0.2) is 11.5 Å². The van der Waals surface area contributed by atoms with Gasteiger partial charge in [-0.3, -0.25) is 9.59 Å². The predicted octanol–water partition coefficient (Wildman–Crippen LogP) is 1.93. The summed E-state index contributed by atoms with van der Waals surface area (Å²) in [5.74, 6) is 0.879. The third-order valence-electron chi connectivity index (χ3n) is 4.09. The van der Waals surface area contributed by atoms with E-state index in [2.05, 4.69) is 0 Å². The number of carbonyl (C=O) groups is 2. The highest BCUT2D eigenvalue weighted by Gasteiger charge is 2.36. The van der Waals surface area contributed by atoms with Crippen molar-refractivity contribution in [2.24, 2.45) is 5.92 Å². The van der Waals surface area contributed by atoms with Crippen molar-refractivity contribution in [3.63, 3.8) is 0 Å². The van der Waals surface area contributed by atoms with E-state index in [9.17, 15) is 9.59 Å². The lowest BCUT2D eigenvalue weighted by molar-refractivity contribution is -0.134. The van der Waals surface area contributed by atoms with Gasteiger partial charge in [0, 0.05) is 38.3 Å². The van der Waals surface area contributed by atoms with Crippen molar-refractivity contribution in [1.29, 1.82) is 0 Å². The van der Waals surface area contributed by atoms with Gasteiger partial charge < -0.3 is 19.3 Å². The van der Waals surface area contributed by atoms with Gasteiger partial charge in [0.1, 0.15) is 0 Å². The van der Waals surface area contributed by atoms with Gasteiger partial charge in [-0.25, -0.2) is 0 Å². The molecule has 0 aromatic heterocycles. The molecule has 1 aromatic rings. The minimum absolute atomic E-state index is 0.0307. The number of carbonyl (C=O) groups excluding carboxylic acids is 2. The maximum absolute atomic E-state index is 12.4. The van der Waals surface area contributed by atoms with Crippen LogP contribution in [-0.2, 0) is 9.59 Å². The number of amides is 2. The third-order valence-corrected chi connectivity index (χ3v) is 4.09. The number of hydrogen-bond acceptors (Lipinski definition) is 4. The van der Waals surface area contributed by atoms with E-state index >= 15 is 0 Å². The summed E-state index contributed by atoms with van der Waals surface area (Å²) in [5.41, 5.74) is 0.723. The number of hydrogen-bond donors (Lipinski definition) is 0. The molecule has 2 rings (SSSR count). The van der Waals surface area contributed by atoms with Crippen LogP contribution in [0, 0.1) is 5.92 Å². The van der Waals surface area contributed by atoms with Crippen LogP contribution in [0.1, 0.15) is 19.8 Å². The van der Waals surface area contributed by atoms with Gasteiger partial charge in [-0.15, -0.1) is 0 Å². The average molecular weight is 320 g/mol. The molecule has 1 heterocycles. The minimum atomic E-state index is -0.285. The van der Waals surface area contributed by atoms with Crippen molar-refractivity contribution >= 4 is 17.5 Å². The van der Waals surface area contributed by atoms with Crippen LogP contribution >= 0.6 is 0 Å². The molecule has 23 heavy (non-hydrogen) atoms. The zero-order valence-electron chi connectivity index (χ0n) is 14.2. The summed E-state index contributed by atoms with van der Waals surface area (Å²) in [5, 5.41) is 0. The Hall–Kier alpha value is -2.24. The Balaban J connectivity index is 2.16. The molecule has 2 amide bonds. The fourth-order valence-corrected chi connectivity index (χ4v) is 2.87. The van der Waals surface area contributed by atoms with Crippen molar-refractivity contribution < 1.29 is 19.1 Å². The number of ether oxygens (including phenoxy) is 2. The van der Waals surface area contributed by atoms with E-state index in [-0.39, 0.29) is 24.2 Å². The molecule has 6 heteroatoms. The molecule has 6 nitrogen and oxygen atoms in total. The lowest BCUT2D eigenvalue weighted by Crippen LogP contribution is -2.35. The summed E-state index contributed by atoms with van der Waals surface area (Å²) >= 11 is 0. The standard InChI is InChI=1S/C17H24N2O4/c1-5-8-18(2)17(21)12-9-16(20)19(11-12)13-6-7-14(22-3)15(10-13)23-4/h6-7,10,12H,5,8-9,11H2,1-4H3/t12-/m1/s1. The van der Waals surface area contributed by atoms with E-state index in [0.717, 1.165) is 12.1 Å². The van der Waals surface area contributed by atoms with Crippen LogP contribution in [0.2, 0.25) is 0 Å². The van der Waals surface area contributed by atoms with E-state index in [1.165, 1.54) is 0 Å². The van der Waals surface area contributed by atoms with Crippen LogP contribution in [-0.4, -0.2) is 51.1 Å². The normalized spacial score (nSPS) is 17.3. The van der Waals surface area contributed by atoms with Gasteiger partial charge >= 0.3 is 0 Å². The van der Waals surface area contributed by atoms with E-state index in [0.29, 0.717) is 24.6 Å². The number of rotatable bonds is 6. The fourth-order valence-electron chi connectivity index (χ4n) is 2.87. The summed E-state index contributed by atoms with van der Waals surface area (Å²) in [6.45, 7) is 3.14. The molecule has 1 aliphatic heterocycles. The second-order valence-corrected chi connectivity index (χ2v) is 5.70. The Morgan fingerprint density at radius 3 is 2.61 bits per heavy atom. The summed E-state index contributed by atoms with van der Waals surface area (Å²) in [6.07, 6.45) is 1.16. The van der Waals surface area contributed by atoms with Gasteiger partial charge in [0.25, 0.3) is 0 Å². The van der Waals surface area contributed by atoms with Crippen LogP contribution in [0.5, 0.6) is 11.5 Å². The molecule has 1 saturated heterocycles. The number of benzene rings is 1. The van der Waals surface area contributed by atoms with E-state index < -0.39 is 0 Å². The first-order chi connectivity index (χ1) is 11.0. The van der Waals surface area contributed by atoms with Crippen molar-refractivity contribution in [1.82, 2.24) is 4.90 Å². The summed E-state index contributed by atoms with van der Waals surface area (Å²) < 4.78 is 10.5. The van der Waals surface area contributed by atoms with Crippen molar-refractivity contribution in [3.8, 4) is 11.5 Å². The number of methoxy groups -OCH3 is 2. The van der Waals surface area contributed by atoms with Gasteiger partial charge in [-0.2, -0.15) is 0 Å². The Morgan fingerprint density at radius 2 is 2.00 bits per heavy atom. The van der Waals surface area contributed by atoms with Crippen molar-refractivity contribution in [2.45, 2.75) is 19.8 Å². The minimum Gasteiger partial charge on any atom is -0.493 e.